The van der Waals surface area contributed by atoms with Crippen LogP contribution in [0.15, 0.2) is 42.5 Å². The molecular weight excluding hydrogens is 372 g/mol. The van der Waals surface area contributed by atoms with Gasteiger partial charge in [0.15, 0.2) is 6.61 Å². The average molecular weight is 396 g/mol. The van der Waals surface area contributed by atoms with Crippen LogP contribution in [0.2, 0.25) is 0 Å². The number of benzene rings is 2. The lowest BCUT2D eigenvalue weighted by molar-refractivity contribution is -0.151. The fourth-order valence-corrected chi connectivity index (χ4v) is 3.41. The molecule has 0 saturated carbocycles. The number of anilines is 2. The second kappa shape index (κ2) is 8.77. The van der Waals surface area contributed by atoms with Gasteiger partial charge in [0, 0.05) is 18.7 Å². The number of carbonyl (C=O) groups excluding carboxylic acids is 3. The molecule has 3 rings (SSSR count). The molecule has 7 heteroatoms. The smallest absolute Gasteiger partial charge is 0.311 e. The van der Waals surface area contributed by atoms with Gasteiger partial charge in [-0.05, 0) is 49.2 Å². The van der Waals surface area contributed by atoms with Crippen molar-refractivity contribution in [1.29, 1.82) is 0 Å². The van der Waals surface area contributed by atoms with Gasteiger partial charge >= 0.3 is 5.97 Å². The van der Waals surface area contributed by atoms with E-state index in [2.05, 4.69) is 5.32 Å². The fraction of sp³-hybridized carbons (Fsp3) is 0.318. The second-order valence-electron chi connectivity index (χ2n) is 7.11. The Morgan fingerprint density at radius 2 is 1.83 bits per heavy atom. The van der Waals surface area contributed by atoms with Gasteiger partial charge < -0.3 is 19.7 Å². The molecule has 1 unspecified atom stereocenters. The van der Waals surface area contributed by atoms with Crippen molar-refractivity contribution in [3.05, 3.63) is 53.6 Å². The summed E-state index contributed by atoms with van der Waals surface area (Å²) in [5.41, 5.74) is 3.36. The number of nitrogens with zero attached hydrogens (tertiary/aromatic N) is 1. The van der Waals surface area contributed by atoms with Gasteiger partial charge in [-0.25, -0.2) is 0 Å². The van der Waals surface area contributed by atoms with Crippen LogP contribution in [0.1, 0.15) is 17.5 Å². The Balaban J connectivity index is 1.56. The maximum Gasteiger partial charge on any atom is 0.311 e. The van der Waals surface area contributed by atoms with Crippen LogP contribution in [0.4, 0.5) is 11.4 Å². The fourth-order valence-electron chi connectivity index (χ4n) is 3.41. The number of carbonyl (C=O) groups is 3. The number of nitrogens with one attached hydrogen (secondary N) is 1. The molecule has 1 fully saturated rings. The molecule has 0 radical (unpaired) electrons. The van der Waals surface area contributed by atoms with Gasteiger partial charge in [0.1, 0.15) is 5.75 Å². The highest BCUT2D eigenvalue weighted by Gasteiger charge is 2.36. The van der Waals surface area contributed by atoms with Crippen molar-refractivity contribution in [2.24, 2.45) is 5.92 Å². The van der Waals surface area contributed by atoms with Crippen LogP contribution in [-0.2, 0) is 19.1 Å². The average Bonchev–Trinajstić information content (AvgIpc) is 3.07. The molecule has 2 amide bonds. The molecule has 29 heavy (non-hydrogen) atoms. The highest BCUT2D eigenvalue weighted by molar-refractivity contribution is 6.00. The third kappa shape index (κ3) is 4.93. The van der Waals surface area contributed by atoms with Crippen LogP contribution in [0.25, 0.3) is 0 Å². The first kappa shape index (κ1) is 20.4. The van der Waals surface area contributed by atoms with Gasteiger partial charge in [-0.1, -0.05) is 18.2 Å². The molecule has 1 heterocycles. The number of para-hydroxylation sites is 2. The summed E-state index contributed by atoms with van der Waals surface area (Å²) >= 11 is 0. The molecule has 1 aliphatic heterocycles. The molecule has 152 valence electrons. The van der Waals surface area contributed by atoms with E-state index in [0.29, 0.717) is 11.4 Å². The number of rotatable bonds is 6. The SMILES string of the molecule is COc1ccccc1NC(=O)COC(=O)C1CC(=O)N(c2cc(C)cc(C)c2)C1. The van der Waals surface area contributed by atoms with Crippen LogP contribution >= 0.6 is 0 Å². The number of hydrogen-bond donors (Lipinski definition) is 1. The first-order chi connectivity index (χ1) is 13.9. The molecule has 0 aliphatic carbocycles. The van der Waals surface area contributed by atoms with Gasteiger partial charge in [-0.3, -0.25) is 14.4 Å². The first-order valence-electron chi connectivity index (χ1n) is 9.35. The number of amides is 2. The third-order valence-electron chi connectivity index (χ3n) is 4.70. The maximum absolute atomic E-state index is 12.4. The predicted molar refractivity (Wildman–Crippen MR) is 109 cm³/mol. The third-order valence-corrected chi connectivity index (χ3v) is 4.70. The van der Waals surface area contributed by atoms with Crippen molar-refractivity contribution in [2.45, 2.75) is 20.3 Å². The zero-order valence-electron chi connectivity index (χ0n) is 16.7. The van der Waals surface area contributed by atoms with Crippen LogP contribution in [0, 0.1) is 19.8 Å². The van der Waals surface area contributed by atoms with Crippen molar-refractivity contribution in [2.75, 3.05) is 30.5 Å². The summed E-state index contributed by atoms with van der Waals surface area (Å²) in [5, 5.41) is 2.64. The summed E-state index contributed by atoms with van der Waals surface area (Å²) in [6, 6.07) is 12.8. The van der Waals surface area contributed by atoms with Crippen molar-refractivity contribution in [3.8, 4) is 5.75 Å². The normalized spacial score (nSPS) is 15.9. The summed E-state index contributed by atoms with van der Waals surface area (Å²) < 4.78 is 10.3. The quantitative estimate of drug-likeness (QED) is 0.759. The van der Waals surface area contributed by atoms with E-state index in [1.165, 1.54) is 7.11 Å². The monoisotopic (exact) mass is 396 g/mol. The van der Waals surface area contributed by atoms with Gasteiger partial charge in [-0.2, -0.15) is 0 Å². The van der Waals surface area contributed by atoms with Gasteiger partial charge in [0.2, 0.25) is 5.91 Å². The van der Waals surface area contributed by atoms with E-state index >= 15 is 0 Å². The first-order valence-corrected chi connectivity index (χ1v) is 9.35. The van der Waals surface area contributed by atoms with Gasteiger partial charge in [0.25, 0.3) is 5.91 Å². The zero-order valence-corrected chi connectivity index (χ0v) is 16.7. The minimum absolute atomic E-state index is 0.0694. The molecule has 1 atom stereocenters. The van der Waals surface area contributed by atoms with E-state index in [1.54, 1.807) is 29.2 Å². The molecule has 1 aliphatic rings. The van der Waals surface area contributed by atoms with Gasteiger partial charge in [-0.15, -0.1) is 0 Å². The molecule has 0 spiro atoms. The van der Waals surface area contributed by atoms with E-state index in [4.69, 9.17) is 9.47 Å². The molecule has 0 aromatic heterocycles. The minimum Gasteiger partial charge on any atom is -0.495 e. The number of ether oxygens (including phenoxy) is 2. The Kier molecular flexibility index (Phi) is 6.16. The Morgan fingerprint density at radius 1 is 1.14 bits per heavy atom. The number of aryl methyl sites for hydroxylation is 2. The zero-order chi connectivity index (χ0) is 21.0. The van der Waals surface area contributed by atoms with E-state index in [-0.39, 0.29) is 18.9 Å². The summed E-state index contributed by atoms with van der Waals surface area (Å²) in [6.07, 6.45) is 0.0694. The molecule has 7 nitrogen and oxygen atoms in total. The summed E-state index contributed by atoms with van der Waals surface area (Å²) in [6.45, 7) is 3.74. The van der Waals surface area contributed by atoms with Crippen LogP contribution < -0.4 is 15.0 Å². The Morgan fingerprint density at radius 3 is 2.52 bits per heavy atom. The Hall–Kier alpha value is -3.35. The molecule has 0 bridgehead atoms. The lowest BCUT2D eigenvalue weighted by Crippen LogP contribution is -2.28. The summed E-state index contributed by atoms with van der Waals surface area (Å²) in [5.74, 6) is -1.24. The van der Waals surface area contributed by atoms with E-state index < -0.39 is 24.4 Å². The van der Waals surface area contributed by atoms with Crippen molar-refractivity contribution < 1.29 is 23.9 Å². The molecular formula is C22H24N2O5. The summed E-state index contributed by atoms with van der Waals surface area (Å²) in [4.78, 5) is 38.5. The van der Waals surface area contributed by atoms with Crippen LogP contribution in [0.5, 0.6) is 5.75 Å². The predicted octanol–water partition coefficient (Wildman–Crippen LogP) is 2.85. The Labute approximate surface area is 169 Å². The largest absolute Gasteiger partial charge is 0.495 e. The lowest BCUT2D eigenvalue weighted by atomic mass is 10.1. The van der Waals surface area contributed by atoms with Crippen molar-refractivity contribution >= 4 is 29.2 Å². The van der Waals surface area contributed by atoms with Crippen LogP contribution in [0.3, 0.4) is 0 Å². The Bertz CT molecular complexity index is 920. The van der Waals surface area contributed by atoms with E-state index in [1.807, 2.05) is 32.0 Å². The number of methoxy groups -OCH3 is 1. The van der Waals surface area contributed by atoms with Crippen molar-refractivity contribution in [1.82, 2.24) is 0 Å². The van der Waals surface area contributed by atoms with E-state index in [9.17, 15) is 14.4 Å². The number of hydrogen-bond acceptors (Lipinski definition) is 5. The minimum atomic E-state index is -0.595. The lowest BCUT2D eigenvalue weighted by Gasteiger charge is -2.18. The van der Waals surface area contributed by atoms with Crippen molar-refractivity contribution in [3.63, 3.8) is 0 Å². The molecule has 2 aromatic rings. The second-order valence-corrected chi connectivity index (χ2v) is 7.11. The summed E-state index contributed by atoms with van der Waals surface area (Å²) in [7, 11) is 1.50. The topological polar surface area (TPSA) is 84.9 Å². The van der Waals surface area contributed by atoms with E-state index in [0.717, 1.165) is 16.8 Å². The number of esters is 1. The molecule has 1 saturated heterocycles. The highest BCUT2D eigenvalue weighted by atomic mass is 16.5. The maximum atomic E-state index is 12.4. The molecule has 1 N–H and O–H groups in total. The van der Waals surface area contributed by atoms with Gasteiger partial charge in [0.05, 0.1) is 18.7 Å². The highest BCUT2D eigenvalue weighted by Crippen LogP contribution is 2.28. The molecule has 2 aromatic carbocycles. The standard InChI is InChI=1S/C22H24N2O5/c1-14-8-15(2)10-17(9-14)24-12-16(11-21(24)26)22(27)29-13-20(25)23-18-6-4-5-7-19(18)28-3/h4-10,16H,11-13H2,1-3H3,(H,23,25). The van der Waals surface area contributed by atoms with Crippen LogP contribution in [-0.4, -0.2) is 38.0 Å².